The van der Waals surface area contributed by atoms with Crippen LogP contribution >= 0.6 is 0 Å². The van der Waals surface area contributed by atoms with Gasteiger partial charge < -0.3 is 24.4 Å². The summed E-state index contributed by atoms with van der Waals surface area (Å²) in [6, 6.07) is 13.5. The highest BCUT2D eigenvalue weighted by atomic mass is 16.5. The molecule has 7 nitrogen and oxygen atoms in total. The normalized spacial score (nSPS) is 17.1. The average molecular weight is 495 g/mol. The van der Waals surface area contributed by atoms with Gasteiger partial charge in [-0.05, 0) is 49.8 Å². The molecule has 7 heteroatoms. The number of benzene rings is 2. The number of para-hydroxylation sites is 1. The van der Waals surface area contributed by atoms with Crippen LogP contribution in [-0.2, 0) is 9.59 Å². The standard InChI is InChI=1S/C29H38N2O5/c1-5-8-11-20-36-22-16-14-21(15-17-22)27(32)25-26(23-12-9-10-13-24(23)35-4)31(29(34)28(25)33)19-18-30(6-2)7-3/h9-10,12-17,26,32H,5-8,11,18-20H2,1-4H3/b27-25-. The number of ether oxygens (including phenoxy) is 2. The minimum absolute atomic E-state index is 0.0701. The molecule has 1 saturated heterocycles. The first-order chi connectivity index (χ1) is 17.5. The van der Waals surface area contributed by atoms with Crippen molar-refractivity contribution in [3.05, 3.63) is 65.2 Å². The first kappa shape index (κ1) is 27.3. The number of nitrogens with zero attached hydrogens (tertiary/aromatic N) is 2. The van der Waals surface area contributed by atoms with Gasteiger partial charge in [0.05, 0.1) is 25.3 Å². The maximum absolute atomic E-state index is 13.3. The van der Waals surface area contributed by atoms with Crippen LogP contribution < -0.4 is 9.47 Å². The number of methoxy groups -OCH3 is 1. The van der Waals surface area contributed by atoms with Crippen molar-refractivity contribution in [1.29, 1.82) is 0 Å². The first-order valence-corrected chi connectivity index (χ1v) is 12.8. The van der Waals surface area contributed by atoms with Crippen molar-refractivity contribution in [2.24, 2.45) is 0 Å². The third-order valence-electron chi connectivity index (χ3n) is 6.67. The van der Waals surface area contributed by atoms with Gasteiger partial charge in [0, 0.05) is 24.2 Å². The summed E-state index contributed by atoms with van der Waals surface area (Å²) in [7, 11) is 1.56. The van der Waals surface area contributed by atoms with Gasteiger partial charge in [-0.2, -0.15) is 0 Å². The number of aliphatic hydroxyl groups is 1. The quantitative estimate of drug-likeness (QED) is 0.182. The van der Waals surface area contributed by atoms with Gasteiger partial charge >= 0.3 is 0 Å². The fraction of sp³-hybridized carbons (Fsp3) is 0.448. The maximum Gasteiger partial charge on any atom is 0.295 e. The SMILES string of the molecule is CCCCCOc1ccc(/C(O)=C2/C(=O)C(=O)N(CCN(CC)CC)C2c2ccccc2OC)cc1. The number of likely N-dealkylation sites (N-methyl/N-ethyl adjacent to an activating group) is 1. The van der Waals surface area contributed by atoms with E-state index in [1.54, 1.807) is 42.3 Å². The highest BCUT2D eigenvalue weighted by Crippen LogP contribution is 2.42. The number of aliphatic hydroxyl groups excluding tert-OH is 1. The zero-order chi connectivity index (χ0) is 26.1. The van der Waals surface area contributed by atoms with E-state index in [0.29, 0.717) is 42.3 Å². The summed E-state index contributed by atoms with van der Waals surface area (Å²) in [6.07, 6.45) is 3.21. The Hall–Kier alpha value is -3.32. The van der Waals surface area contributed by atoms with Crippen LogP contribution in [0.15, 0.2) is 54.1 Å². The van der Waals surface area contributed by atoms with Gasteiger partial charge in [0.2, 0.25) is 0 Å². The second kappa shape index (κ2) is 13.1. The second-order valence-corrected chi connectivity index (χ2v) is 8.84. The molecule has 1 atom stereocenters. The third-order valence-corrected chi connectivity index (χ3v) is 6.67. The lowest BCUT2D eigenvalue weighted by atomic mass is 9.94. The van der Waals surface area contributed by atoms with Crippen molar-refractivity contribution in [1.82, 2.24) is 9.80 Å². The number of carbonyl (C=O) groups excluding carboxylic acids is 2. The minimum Gasteiger partial charge on any atom is -0.507 e. The van der Waals surface area contributed by atoms with Gasteiger partial charge in [0.25, 0.3) is 11.7 Å². The van der Waals surface area contributed by atoms with Crippen LogP contribution in [0.25, 0.3) is 5.76 Å². The van der Waals surface area contributed by atoms with Gasteiger partial charge in [0.1, 0.15) is 17.3 Å². The lowest BCUT2D eigenvalue weighted by molar-refractivity contribution is -0.140. The molecule has 0 aromatic heterocycles. The second-order valence-electron chi connectivity index (χ2n) is 8.84. The molecule has 194 valence electrons. The van der Waals surface area contributed by atoms with Crippen LogP contribution in [0.5, 0.6) is 11.5 Å². The Morgan fingerprint density at radius 3 is 2.33 bits per heavy atom. The van der Waals surface area contributed by atoms with Crippen molar-refractivity contribution in [3.8, 4) is 11.5 Å². The summed E-state index contributed by atoms with van der Waals surface area (Å²) >= 11 is 0. The highest BCUT2D eigenvalue weighted by Gasteiger charge is 2.46. The summed E-state index contributed by atoms with van der Waals surface area (Å²) in [5, 5.41) is 11.3. The van der Waals surface area contributed by atoms with Gasteiger partial charge in [0.15, 0.2) is 0 Å². The molecule has 0 saturated carbocycles. The lowest BCUT2D eigenvalue weighted by Gasteiger charge is -2.29. The molecule has 3 rings (SSSR count). The van der Waals surface area contributed by atoms with E-state index in [0.717, 1.165) is 32.4 Å². The molecule has 2 aromatic carbocycles. The topological polar surface area (TPSA) is 79.3 Å². The number of amides is 1. The molecule has 1 heterocycles. The van der Waals surface area contributed by atoms with E-state index in [9.17, 15) is 14.7 Å². The Morgan fingerprint density at radius 2 is 1.69 bits per heavy atom. The molecule has 0 bridgehead atoms. The molecule has 0 spiro atoms. The number of hydrogen-bond donors (Lipinski definition) is 1. The van der Waals surface area contributed by atoms with Crippen LogP contribution in [0.4, 0.5) is 0 Å². The summed E-state index contributed by atoms with van der Waals surface area (Å²) in [6.45, 7) is 9.55. The molecular formula is C29H38N2O5. The predicted molar refractivity (Wildman–Crippen MR) is 141 cm³/mol. The number of likely N-dealkylation sites (tertiary alicyclic amines) is 1. The van der Waals surface area contributed by atoms with Crippen molar-refractivity contribution in [3.63, 3.8) is 0 Å². The van der Waals surface area contributed by atoms with Gasteiger partial charge in [-0.3, -0.25) is 9.59 Å². The number of hydrogen-bond acceptors (Lipinski definition) is 6. The van der Waals surface area contributed by atoms with Gasteiger partial charge in [-0.1, -0.05) is 51.8 Å². The number of carbonyl (C=O) groups is 2. The summed E-state index contributed by atoms with van der Waals surface area (Å²) in [5.41, 5.74) is 1.19. The summed E-state index contributed by atoms with van der Waals surface area (Å²) < 4.78 is 11.3. The number of Topliss-reactive ketones (excluding diaryl/α,β-unsaturated/α-hetero) is 1. The first-order valence-electron chi connectivity index (χ1n) is 12.8. The minimum atomic E-state index is -0.748. The van der Waals surface area contributed by atoms with Crippen molar-refractivity contribution in [2.45, 2.75) is 46.1 Å². The van der Waals surface area contributed by atoms with Crippen LogP contribution in [0.1, 0.15) is 57.2 Å². The zero-order valence-corrected chi connectivity index (χ0v) is 21.8. The molecule has 0 aliphatic carbocycles. The Balaban J connectivity index is 1.99. The van der Waals surface area contributed by atoms with Crippen molar-refractivity contribution in [2.75, 3.05) is 39.9 Å². The monoisotopic (exact) mass is 494 g/mol. The van der Waals surface area contributed by atoms with E-state index in [-0.39, 0.29) is 11.3 Å². The number of ketones is 1. The molecule has 1 aliphatic heterocycles. The Morgan fingerprint density at radius 1 is 1.00 bits per heavy atom. The van der Waals surface area contributed by atoms with E-state index >= 15 is 0 Å². The molecule has 0 radical (unpaired) electrons. The molecular weight excluding hydrogens is 456 g/mol. The van der Waals surface area contributed by atoms with E-state index in [1.807, 2.05) is 18.2 Å². The Bertz CT molecular complexity index is 1060. The summed E-state index contributed by atoms with van der Waals surface area (Å²) in [5.74, 6) is -0.256. The van der Waals surface area contributed by atoms with Crippen LogP contribution in [-0.4, -0.2) is 66.5 Å². The molecule has 1 unspecified atom stereocenters. The molecule has 1 aliphatic rings. The predicted octanol–water partition coefficient (Wildman–Crippen LogP) is 5.03. The molecule has 1 N–H and O–H groups in total. The van der Waals surface area contributed by atoms with E-state index in [2.05, 4.69) is 25.7 Å². The molecule has 1 amide bonds. The van der Waals surface area contributed by atoms with Gasteiger partial charge in [-0.15, -0.1) is 0 Å². The molecule has 2 aromatic rings. The van der Waals surface area contributed by atoms with E-state index in [4.69, 9.17) is 9.47 Å². The fourth-order valence-electron chi connectivity index (χ4n) is 4.52. The lowest BCUT2D eigenvalue weighted by Crippen LogP contribution is -2.38. The van der Waals surface area contributed by atoms with E-state index in [1.165, 1.54) is 0 Å². The summed E-state index contributed by atoms with van der Waals surface area (Å²) in [4.78, 5) is 30.2. The Labute approximate surface area is 214 Å². The molecule has 36 heavy (non-hydrogen) atoms. The van der Waals surface area contributed by atoms with Crippen LogP contribution in [0, 0.1) is 0 Å². The highest BCUT2D eigenvalue weighted by molar-refractivity contribution is 6.46. The smallest absolute Gasteiger partial charge is 0.295 e. The fourth-order valence-corrected chi connectivity index (χ4v) is 4.52. The molecule has 1 fully saturated rings. The average Bonchev–Trinajstić information content (AvgIpc) is 3.16. The van der Waals surface area contributed by atoms with Crippen molar-refractivity contribution >= 4 is 17.4 Å². The maximum atomic E-state index is 13.3. The van der Waals surface area contributed by atoms with Crippen LogP contribution in [0.3, 0.4) is 0 Å². The van der Waals surface area contributed by atoms with E-state index < -0.39 is 17.7 Å². The van der Waals surface area contributed by atoms with Gasteiger partial charge in [-0.25, -0.2) is 0 Å². The van der Waals surface area contributed by atoms with Crippen molar-refractivity contribution < 1.29 is 24.2 Å². The number of unbranched alkanes of at least 4 members (excludes halogenated alkanes) is 2. The number of rotatable bonds is 13. The zero-order valence-electron chi connectivity index (χ0n) is 21.8. The Kier molecular flexibility index (Phi) is 9.94. The third kappa shape index (κ3) is 6.08. The van der Waals surface area contributed by atoms with Crippen LogP contribution in [0.2, 0.25) is 0 Å². The largest absolute Gasteiger partial charge is 0.507 e.